The Kier molecular flexibility index (Phi) is 7.67. The van der Waals surface area contributed by atoms with Crippen LogP contribution in [0.5, 0.6) is 5.75 Å². The Balaban J connectivity index is 1.22. The highest BCUT2D eigenvalue weighted by Crippen LogP contribution is 2.66. The van der Waals surface area contributed by atoms with Crippen molar-refractivity contribution in [1.82, 2.24) is 0 Å². The summed E-state index contributed by atoms with van der Waals surface area (Å²) < 4.78 is 19.4. The molecule has 50 heavy (non-hydrogen) atoms. The summed E-state index contributed by atoms with van der Waals surface area (Å²) in [6.45, 7) is 6.17. The molecule has 0 bridgehead atoms. The molecular weight excluding hydrogens is 684 g/mol. The molecule has 0 spiro atoms. The molecule has 3 aromatic rings. The summed E-state index contributed by atoms with van der Waals surface area (Å²) in [4.78, 5) is 57.8. The van der Waals surface area contributed by atoms with Crippen molar-refractivity contribution in [2.75, 3.05) is 41.0 Å². The molecule has 258 valence electrons. The van der Waals surface area contributed by atoms with Crippen molar-refractivity contribution in [2.45, 2.75) is 42.4 Å². The zero-order valence-electron chi connectivity index (χ0n) is 27.4. The van der Waals surface area contributed by atoms with E-state index in [0.29, 0.717) is 41.2 Å². The van der Waals surface area contributed by atoms with Gasteiger partial charge in [0.25, 0.3) is 11.8 Å². The predicted molar refractivity (Wildman–Crippen MR) is 186 cm³/mol. The van der Waals surface area contributed by atoms with Crippen LogP contribution in [0, 0.1) is 37.4 Å². The van der Waals surface area contributed by atoms with Gasteiger partial charge in [-0.2, -0.15) is 0 Å². The van der Waals surface area contributed by atoms with E-state index in [4.69, 9.17) is 27.9 Å². The van der Waals surface area contributed by atoms with Crippen molar-refractivity contribution in [3.05, 3.63) is 94.8 Å². The number of alkyl halides is 2. The van der Waals surface area contributed by atoms with Crippen LogP contribution in [0.4, 0.5) is 21.5 Å². The van der Waals surface area contributed by atoms with Gasteiger partial charge in [0, 0.05) is 24.7 Å². The van der Waals surface area contributed by atoms with Crippen molar-refractivity contribution in [3.63, 3.8) is 0 Å². The molecule has 0 aromatic heterocycles. The van der Waals surface area contributed by atoms with Gasteiger partial charge in [0.05, 0.1) is 36.4 Å². The van der Waals surface area contributed by atoms with Crippen molar-refractivity contribution >= 4 is 63.9 Å². The molecule has 0 unspecified atom stereocenters. The monoisotopic (exact) mass is 717 g/mol. The van der Waals surface area contributed by atoms with E-state index in [1.54, 1.807) is 38.1 Å². The third-order valence-corrected chi connectivity index (χ3v) is 12.6. The molecule has 4 fully saturated rings. The third kappa shape index (κ3) is 4.54. The summed E-state index contributed by atoms with van der Waals surface area (Å²) >= 11 is 14.9. The minimum Gasteiger partial charge on any atom is -0.507 e. The van der Waals surface area contributed by atoms with Crippen LogP contribution < -0.4 is 14.7 Å². The van der Waals surface area contributed by atoms with Gasteiger partial charge in [-0.15, -0.1) is 23.2 Å². The zero-order chi connectivity index (χ0) is 35.3. The maximum absolute atomic E-state index is 14.6. The van der Waals surface area contributed by atoms with Crippen LogP contribution >= 0.6 is 23.2 Å². The number of amides is 4. The summed E-state index contributed by atoms with van der Waals surface area (Å²) in [5.74, 6) is -6.03. The Morgan fingerprint density at radius 1 is 0.800 bits per heavy atom. The van der Waals surface area contributed by atoms with E-state index in [9.17, 15) is 28.7 Å². The van der Waals surface area contributed by atoms with Gasteiger partial charge in [0.2, 0.25) is 11.8 Å². The molecule has 3 aromatic carbocycles. The fourth-order valence-electron chi connectivity index (χ4n) is 8.82. The van der Waals surface area contributed by atoms with Gasteiger partial charge in [-0.1, -0.05) is 23.8 Å². The fourth-order valence-corrected chi connectivity index (χ4v) is 9.75. The second-order valence-corrected chi connectivity index (χ2v) is 15.1. The molecule has 9 nitrogen and oxygen atoms in total. The number of fused-ring (bicyclic) bond motifs is 4. The second kappa shape index (κ2) is 11.6. The minimum atomic E-state index is -2.05. The normalized spacial score (nSPS) is 30.7. The number of aryl methyl sites for hydroxylation is 2. The van der Waals surface area contributed by atoms with Crippen LogP contribution in [-0.4, -0.2) is 64.8 Å². The molecule has 8 rings (SSSR count). The SMILES string of the molecule is Cc1cc([C@H]2C3=CC[C@@H]4C(=O)N(c5ccc(N6CCOCC6)cc5)C(=O)[C@@H]4[C@@H]3C[C@@]3(Cl)C(=O)N(c4ccc(F)cc4)C(=O)[C@@]23Cl)cc(C)c1O. The van der Waals surface area contributed by atoms with Crippen molar-refractivity contribution in [3.8, 4) is 5.75 Å². The molecule has 12 heteroatoms. The highest BCUT2D eigenvalue weighted by molar-refractivity contribution is 6.58. The summed E-state index contributed by atoms with van der Waals surface area (Å²) in [6.07, 6.45) is 1.92. The van der Waals surface area contributed by atoms with E-state index in [2.05, 4.69) is 4.90 Å². The number of phenols is 1. The molecule has 3 aliphatic heterocycles. The lowest BCUT2D eigenvalue weighted by Crippen LogP contribution is -2.60. The molecule has 1 N–H and O–H groups in total. The minimum absolute atomic E-state index is 0.0770. The first-order valence-electron chi connectivity index (χ1n) is 16.7. The molecule has 3 saturated heterocycles. The Bertz CT molecular complexity index is 1970. The van der Waals surface area contributed by atoms with Crippen LogP contribution in [0.15, 0.2) is 72.3 Å². The van der Waals surface area contributed by atoms with Gasteiger partial charge >= 0.3 is 0 Å². The Morgan fingerprint density at radius 2 is 1.38 bits per heavy atom. The lowest BCUT2D eigenvalue weighted by Gasteiger charge is -2.50. The number of hydrogen-bond acceptors (Lipinski definition) is 7. The van der Waals surface area contributed by atoms with E-state index in [1.807, 2.05) is 18.2 Å². The van der Waals surface area contributed by atoms with E-state index < -0.39 is 57.0 Å². The van der Waals surface area contributed by atoms with E-state index in [0.717, 1.165) is 35.8 Å². The van der Waals surface area contributed by atoms with Gasteiger partial charge < -0.3 is 14.7 Å². The Labute approximate surface area is 298 Å². The maximum Gasteiger partial charge on any atom is 0.258 e. The quantitative estimate of drug-likeness (QED) is 0.208. The number of hydrogen-bond donors (Lipinski definition) is 1. The topological polar surface area (TPSA) is 107 Å². The number of carbonyl (C=O) groups is 4. The van der Waals surface area contributed by atoms with Gasteiger partial charge in [0.15, 0.2) is 9.75 Å². The summed E-state index contributed by atoms with van der Waals surface area (Å²) in [7, 11) is 0. The fraction of sp³-hybridized carbons (Fsp3) is 0.368. The van der Waals surface area contributed by atoms with Gasteiger partial charge in [-0.3, -0.25) is 24.1 Å². The number of nitrogens with zero attached hydrogens (tertiary/aromatic N) is 3. The molecule has 1 saturated carbocycles. The summed E-state index contributed by atoms with van der Waals surface area (Å²) in [5.41, 5.74) is 3.78. The van der Waals surface area contributed by atoms with E-state index in [-0.39, 0.29) is 30.2 Å². The number of allylic oxidation sites excluding steroid dienone is 2. The largest absolute Gasteiger partial charge is 0.507 e. The summed E-state index contributed by atoms with van der Waals surface area (Å²) in [6, 6.07) is 15.7. The Hall–Kier alpha value is -4.25. The summed E-state index contributed by atoms with van der Waals surface area (Å²) in [5, 5.41) is 10.7. The van der Waals surface area contributed by atoms with Crippen LogP contribution in [0.2, 0.25) is 0 Å². The number of benzene rings is 3. The Morgan fingerprint density at radius 3 is 2.02 bits per heavy atom. The zero-order valence-corrected chi connectivity index (χ0v) is 28.9. The predicted octanol–water partition coefficient (Wildman–Crippen LogP) is 5.75. The molecule has 5 aliphatic rings. The van der Waals surface area contributed by atoms with Crippen molar-refractivity contribution in [2.24, 2.45) is 17.8 Å². The first kappa shape index (κ1) is 32.9. The van der Waals surface area contributed by atoms with Crippen molar-refractivity contribution in [1.29, 1.82) is 0 Å². The maximum atomic E-state index is 14.6. The van der Waals surface area contributed by atoms with E-state index in [1.165, 1.54) is 17.0 Å². The number of morpholine rings is 1. The number of rotatable bonds is 4. The smallest absolute Gasteiger partial charge is 0.258 e. The third-order valence-electron chi connectivity index (χ3n) is 11.2. The average molecular weight is 719 g/mol. The van der Waals surface area contributed by atoms with Crippen LogP contribution in [0.1, 0.15) is 35.4 Å². The van der Waals surface area contributed by atoms with Gasteiger partial charge in [-0.05, 0) is 97.8 Å². The van der Waals surface area contributed by atoms with Gasteiger partial charge in [-0.25, -0.2) is 9.29 Å². The van der Waals surface area contributed by atoms with Crippen LogP contribution in [0.3, 0.4) is 0 Å². The highest BCUT2D eigenvalue weighted by atomic mass is 35.5. The molecule has 0 radical (unpaired) electrons. The molecule has 3 heterocycles. The first-order chi connectivity index (χ1) is 23.9. The van der Waals surface area contributed by atoms with E-state index >= 15 is 0 Å². The number of aromatic hydroxyl groups is 1. The number of halogens is 3. The lowest BCUT2D eigenvalue weighted by atomic mass is 9.56. The number of ether oxygens (including phenoxy) is 1. The standard InChI is InChI=1S/C38H34Cl2FN3O6/c1-20-17-22(18-21(2)32(20)45)31-27-11-12-28-30(34(47)43(33(28)46)25-9-7-24(8-10-25)42-13-15-50-16-14-42)29(27)19-37(39)35(48)44(36(49)38(31,37)40)26-5-3-23(41)4-6-26/h3-11,17-18,28-31,45H,12-16,19H2,1-2H3/t28-,29+,30-,31-,37+,38-/m0/s1. The average Bonchev–Trinajstić information content (AvgIpc) is 3.45. The molecular formula is C38H34Cl2FN3O6. The highest BCUT2D eigenvalue weighted by Gasteiger charge is 2.76. The van der Waals surface area contributed by atoms with Crippen LogP contribution in [0.25, 0.3) is 0 Å². The molecule has 2 aliphatic carbocycles. The molecule has 6 atom stereocenters. The number of anilines is 3. The molecule has 4 amide bonds. The number of phenolic OH excluding ortho intramolecular Hbond substituents is 1. The van der Waals surface area contributed by atoms with Gasteiger partial charge in [0.1, 0.15) is 11.6 Å². The lowest BCUT2D eigenvalue weighted by molar-refractivity contribution is -0.125. The van der Waals surface area contributed by atoms with Crippen molar-refractivity contribution < 1.29 is 33.4 Å². The van der Waals surface area contributed by atoms with Crippen LogP contribution in [-0.2, 0) is 23.9 Å². The first-order valence-corrected chi connectivity index (χ1v) is 17.5. The number of carbonyl (C=O) groups excluding carboxylic acids is 4. The number of imide groups is 2. The second-order valence-electron chi connectivity index (χ2n) is 13.9.